The maximum absolute atomic E-state index is 10.2. The van der Waals surface area contributed by atoms with Crippen LogP contribution < -0.4 is 4.74 Å². The number of β-amino-alcohol motifs (C(OH)–C–C–N with tert-alkyl or cyclic N) is 1. The Morgan fingerprint density at radius 2 is 2.11 bits per heavy atom. The lowest BCUT2D eigenvalue weighted by atomic mass is 10.1. The number of aliphatic hydroxyl groups is 1. The van der Waals surface area contributed by atoms with Crippen molar-refractivity contribution in [2.45, 2.75) is 18.9 Å². The van der Waals surface area contributed by atoms with Crippen LogP contribution >= 0.6 is 0 Å². The van der Waals surface area contributed by atoms with Gasteiger partial charge in [-0.1, -0.05) is 17.3 Å². The molecule has 0 saturated carbocycles. The van der Waals surface area contributed by atoms with Gasteiger partial charge in [0.15, 0.2) is 0 Å². The number of rotatable bonds is 4. The molecule has 0 aliphatic carbocycles. The summed E-state index contributed by atoms with van der Waals surface area (Å²) >= 11 is 0. The molecule has 1 saturated heterocycles. The minimum absolute atomic E-state index is 0.525. The number of hydrogen-bond acceptors (Lipinski definition) is 5. The fourth-order valence-corrected chi connectivity index (χ4v) is 2.29. The van der Waals surface area contributed by atoms with Crippen LogP contribution in [0, 0.1) is 0 Å². The molecule has 0 amide bonds. The summed E-state index contributed by atoms with van der Waals surface area (Å²) in [5, 5.41) is 22.2. The van der Waals surface area contributed by atoms with E-state index >= 15 is 0 Å². The first-order valence-corrected chi connectivity index (χ1v) is 6.47. The highest BCUT2D eigenvalue weighted by Crippen LogP contribution is 2.21. The number of piperidine rings is 1. The van der Waals surface area contributed by atoms with E-state index in [1.165, 1.54) is 0 Å². The lowest BCUT2D eigenvalue weighted by Crippen LogP contribution is -2.36. The van der Waals surface area contributed by atoms with E-state index in [-0.39, 0.29) is 0 Å². The van der Waals surface area contributed by atoms with Gasteiger partial charge in [-0.3, -0.25) is 4.90 Å². The maximum atomic E-state index is 10.2. The number of methoxy groups -OCH3 is 1. The second-order valence-corrected chi connectivity index (χ2v) is 4.76. The largest absolute Gasteiger partial charge is 0.497 e. The van der Waals surface area contributed by atoms with Crippen LogP contribution in [0.5, 0.6) is 5.75 Å². The number of aliphatic hydroxyl groups excluding tert-OH is 1. The Morgan fingerprint density at radius 1 is 1.37 bits per heavy atom. The normalized spacial score (nSPS) is 18.1. The first kappa shape index (κ1) is 13.8. The summed E-state index contributed by atoms with van der Waals surface area (Å²) in [6.45, 7) is 2.23. The Kier molecular flexibility index (Phi) is 4.76. The lowest BCUT2D eigenvalue weighted by molar-refractivity contribution is 0.112. The molecule has 1 aromatic carbocycles. The molecular weight excluding hydrogens is 244 g/mol. The Balaban J connectivity index is 1.92. The van der Waals surface area contributed by atoms with E-state index in [4.69, 9.17) is 9.94 Å². The topological polar surface area (TPSA) is 65.3 Å². The second kappa shape index (κ2) is 6.54. The summed E-state index contributed by atoms with van der Waals surface area (Å²) in [6, 6.07) is 7.50. The van der Waals surface area contributed by atoms with E-state index in [1.54, 1.807) is 7.11 Å². The maximum Gasteiger partial charge on any atom is 0.119 e. The molecule has 1 aliphatic rings. The van der Waals surface area contributed by atoms with E-state index in [9.17, 15) is 5.11 Å². The molecule has 1 heterocycles. The van der Waals surface area contributed by atoms with Crippen molar-refractivity contribution in [1.82, 2.24) is 4.90 Å². The Bertz CT molecular complexity index is 438. The molecule has 1 unspecified atom stereocenters. The van der Waals surface area contributed by atoms with Gasteiger partial charge in [0.2, 0.25) is 0 Å². The molecule has 0 radical (unpaired) electrons. The number of hydrogen-bond donors (Lipinski definition) is 2. The molecule has 2 rings (SSSR count). The van der Waals surface area contributed by atoms with Gasteiger partial charge in [0, 0.05) is 32.5 Å². The predicted octanol–water partition coefficient (Wildman–Crippen LogP) is 1.65. The highest BCUT2D eigenvalue weighted by molar-refractivity contribution is 5.84. The molecule has 19 heavy (non-hydrogen) atoms. The standard InChI is InChI=1S/C14H20N2O3/c1-19-13-4-2-3-11(9-13)14(17)10-16-7-5-12(15-18)6-8-16/h2-4,9,14,17-18H,5-8,10H2,1H3. The number of likely N-dealkylation sites (tertiary alicyclic amines) is 1. The smallest absolute Gasteiger partial charge is 0.119 e. The third-order valence-electron chi connectivity index (χ3n) is 3.48. The van der Waals surface area contributed by atoms with Crippen molar-refractivity contribution in [2.24, 2.45) is 5.16 Å². The van der Waals surface area contributed by atoms with Crippen LogP contribution in [0.25, 0.3) is 0 Å². The number of benzene rings is 1. The van der Waals surface area contributed by atoms with Gasteiger partial charge in [-0.2, -0.15) is 0 Å². The summed E-state index contributed by atoms with van der Waals surface area (Å²) in [5.41, 5.74) is 1.70. The van der Waals surface area contributed by atoms with E-state index in [0.717, 1.165) is 43.0 Å². The van der Waals surface area contributed by atoms with Crippen molar-refractivity contribution in [1.29, 1.82) is 0 Å². The molecule has 5 nitrogen and oxygen atoms in total. The SMILES string of the molecule is COc1cccc(C(O)CN2CCC(=NO)CC2)c1. The van der Waals surface area contributed by atoms with Crippen LogP contribution in [0.4, 0.5) is 0 Å². The molecule has 104 valence electrons. The molecule has 2 N–H and O–H groups in total. The molecule has 5 heteroatoms. The molecule has 1 atom stereocenters. The molecular formula is C14H20N2O3. The highest BCUT2D eigenvalue weighted by Gasteiger charge is 2.19. The molecule has 1 aromatic rings. The fourth-order valence-electron chi connectivity index (χ4n) is 2.29. The van der Waals surface area contributed by atoms with Crippen LogP contribution in [-0.4, -0.2) is 47.7 Å². The minimum Gasteiger partial charge on any atom is -0.497 e. The number of nitrogens with zero attached hydrogens (tertiary/aromatic N) is 2. The van der Waals surface area contributed by atoms with E-state index in [0.29, 0.717) is 6.54 Å². The van der Waals surface area contributed by atoms with Gasteiger partial charge in [0.1, 0.15) is 5.75 Å². The first-order chi connectivity index (χ1) is 9.22. The third-order valence-corrected chi connectivity index (χ3v) is 3.48. The van der Waals surface area contributed by atoms with Crippen molar-refractivity contribution in [3.8, 4) is 5.75 Å². The van der Waals surface area contributed by atoms with E-state index < -0.39 is 6.10 Å². The van der Waals surface area contributed by atoms with Crippen LogP contribution in [-0.2, 0) is 0 Å². The Morgan fingerprint density at radius 3 is 2.74 bits per heavy atom. The zero-order valence-corrected chi connectivity index (χ0v) is 11.1. The quantitative estimate of drug-likeness (QED) is 0.641. The monoisotopic (exact) mass is 264 g/mol. The minimum atomic E-state index is -0.525. The van der Waals surface area contributed by atoms with Gasteiger partial charge < -0.3 is 15.1 Å². The Labute approximate surface area is 113 Å². The van der Waals surface area contributed by atoms with Crippen LogP contribution in [0.15, 0.2) is 29.4 Å². The zero-order valence-electron chi connectivity index (χ0n) is 11.1. The van der Waals surface area contributed by atoms with E-state index in [2.05, 4.69) is 10.1 Å². The Hall–Kier alpha value is -1.59. The van der Waals surface area contributed by atoms with Crippen molar-refractivity contribution in [3.05, 3.63) is 29.8 Å². The van der Waals surface area contributed by atoms with Crippen LogP contribution in [0.1, 0.15) is 24.5 Å². The fraction of sp³-hybridized carbons (Fsp3) is 0.500. The van der Waals surface area contributed by atoms with Crippen molar-refractivity contribution >= 4 is 5.71 Å². The van der Waals surface area contributed by atoms with Gasteiger partial charge >= 0.3 is 0 Å². The van der Waals surface area contributed by atoms with Gasteiger partial charge in [0.25, 0.3) is 0 Å². The van der Waals surface area contributed by atoms with Gasteiger partial charge in [0.05, 0.1) is 18.9 Å². The summed E-state index contributed by atoms with van der Waals surface area (Å²) < 4.78 is 5.16. The first-order valence-electron chi connectivity index (χ1n) is 6.47. The number of oxime groups is 1. The van der Waals surface area contributed by atoms with Crippen molar-refractivity contribution < 1.29 is 15.1 Å². The summed E-state index contributed by atoms with van der Waals surface area (Å²) in [6.07, 6.45) is 1.01. The zero-order chi connectivity index (χ0) is 13.7. The van der Waals surface area contributed by atoms with Gasteiger partial charge in [-0.15, -0.1) is 0 Å². The predicted molar refractivity (Wildman–Crippen MR) is 72.8 cm³/mol. The molecule has 0 bridgehead atoms. The summed E-state index contributed by atoms with van der Waals surface area (Å²) in [7, 11) is 1.62. The third kappa shape index (κ3) is 3.68. The molecule has 0 spiro atoms. The number of ether oxygens (including phenoxy) is 1. The summed E-state index contributed by atoms with van der Waals surface area (Å²) in [5.74, 6) is 0.755. The summed E-state index contributed by atoms with van der Waals surface area (Å²) in [4.78, 5) is 2.18. The van der Waals surface area contributed by atoms with Crippen LogP contribution in [0.3, 0.4) is 0 Å². The van der Waals surface area contributed by atoms with Crippen molar-refractivity contribution in [2.75, 3.05) is 26.7 Å². The van der Waals surface area contributed by atoms with Crippen molar-refractivity contribution in [3.63, 3.8) is 0 Å². The molecule has 1 fully saturated rings. The molecule has 1 aliphatic heterocycles. The molecule has 0 aromatic heterocycles. The van der Waals surface area contributed by atoms with Gasteiger partial charge in [-0.05, 0) is 17.7 Å². The average Bonchev–Trinajstić information content (AvgIpc) is 2.48. The average molecular weight is 264 g/mol. The van der Waals surface area contributed by atoms with Crippen LogP contribution in [0.2, 0.25) is 0 Å². The van der Waals surface area contributed by atoms with Gasteiger partial charge in [-0.25, -0.2) is 0 Å². The highest BCUT2D eigenvalue weighted by atomic mass is 16.5. The lowest BCUT2D eigenvalue weighted by Gasteiger charge is -2.29. The van der Waals surface area contributed by atoms with E-state index in [1.807, 2.05) is 24.3 Å². The second-order valence-electron chi connectivity index (χ2n) is 4.76.